The second-order valence-electron chi connectivity index (χ2n) is 15.9. The van der Waals surface area contributed by atoms with Crippen LogP contribution in [0.2, 0.25) is 0 Å². The van der Waals surface area contributed by atoms with E-state index in [9.17, 15) is 0 Å². The summed E-state index contributed by atoms with van der Waals surface area (Å²) in [7, 11) is 0. The van der Waals surface area contributed by atoms with Crippen molar-refractivity contribution in [1.29, 1.82) is 0 Å². The first-order chi connectivity index (χ1) is 26.6. The smallest absolute Gasteiger partial charge is 0.150 e. The Morgan fingerprint density at radius 2 is 1.29 bits per heavy atom. The van der Waals surface area contributed by atoms with Crippen molar-refractivity contribution in [2.45, 2.75) is 45.4 Å². The maximum atomic E-state index is 7.07. The number of fused-ring (bicyclic) bond motifs is 5. The first-order valence-corrected chi connectivity index (χ1v) is 18.7. The van der Waals surface area contributed by atoms with Gasteiger partial charge in [0.2, 0.25) is 0 Å². The molecule has 0 unspecified atom stereocenters. The predicted molar refractivity (Wildman–Crippen MR) is 222 cm³/mol. The summed E-state index contributed by atoms with van der Waals surface area (Å²) in [5, 5.41) is 2.18. The number of rotatable bonds is 2. The molecule has 0 amide bonds. The summed E-state index contributed by atoms with van der Waals surface area (Å²) >= 11 is 0. The Bertz CT molecular complexity index is 2790. The number of pyridine rings is 1. The minimum Gasteiger partial charge on any atom is -0.509 e. The van der Waals surface area contributed by atoms with Gasteiger partial charge in [0.15, 0.2) is 0 Å². The number of anilines is 4. The largest absolute Gasteiger partial charge is 0.509 e. The van der Waals surface area contributed by atoms with Crippen LogP contribution in [0, 0.1) is 18.8 Å². The van der Waals surface area contributed by atoms with Crippen molar-refractivity contribution in [1.82, 2.24) is 9.55 Å². The zero-order valence-electron chi connectivity index (χ0n) is 31.8. The van der Waals surface area contributed by atoms with Crippen molar-refractivity contribution in [2.24, 2.45) is 0 Å². The van der Waals surface area contributed by atoms with E-state index in [0.717, 1.165) is 61.5 Å². The van der Waals surface area contributed by atoms with Crippen LogP contribution in [0.3, 0.4) is 0 Å². The fraction of sp³-hybridized carbons (Fsp3) is 0.143. The average Bonchev–Trinajstić information content (AvgIpc) is 3.74. The molecule has 6 nitrogen and oxygen atoms in total. The van der Waals surface area contributed by atoms with E-state index in [2.05, 4.69) is 177 Å². The molecule has 7 heteroatoms. The summed E-state index contributed by atoms with van der Waals surface area (Å²) in [6, 6.07) is 53.5. The number of hydrogen-bond acceptors (Lipinski definition) is 5. The Morgan fingerprint density at radius 3 is 2.07 bits per heavy atom. The van der Waals surface area contributed by atoms with Crippen LogP contribution in [0.25, 0.3) is 27.6 Å². The standard InChI is InChI=1S/C49H39N4O2.Pt/c1-48(2,3)33-25-34-27-36(26-33)54-35-23-24-38-37-17-9-10-18-40(37)53(44(38)28-35)47-29-39(49(4,5)32-15-7-6-8-16-32)46(30-50-47)55-45-22-14-13-21-43(45)52-31-51(34)41-19-11-12-20-42(41)52;/h6-26,29-31H,1-5H3;/q-3;. The molecule has 5 heterocycles. The Kier molecular flexibility index (Phi) is 8.59. The summed E-state index contributed by atoms with van der Waals surface area (Å²) in [6.45, 7) is 13.3. The van der Waals surface area contributed by atoms with E-state index in [1.165, 1.54) is 5.56 Å². The van der Waals surface area contributed by atoms with Crippen LogP contribution in [0.15, 0.2) is 140 Å². The molecule has 56 heavy (non-hydrogen) atoms. The van der Waals surface area contributed by atoms with Crippen molar-refractivity contribution < 1.29 is 30.5 Å². The Balaban J connectivity index is 0.00000410. The van der Waals surface area contributed by atoms with Gasteiger partial charge in [-0.3, -0.25) is 0 Å². The van der Waals surface area contributed by atoms with E-state index in [1.54, 1.807) is 0 Å². The monoisotopic (exact) mass is 910 g/mol. The predicted octanol–water partition coefficient (Wildman–Crippen LogP) is 12.7. The molecule has 0 spiro atoms. The third-order valence-corrected chi connectivity index (χ3v) is 11.0. The Labute approximate surface area is 342 Å². The molecule has 3 aliphatic heterocycles. The quantitative estimate of drug-likeness (QED) is 0.162. The number of para-hydroxylation sites is 5. The van der Waals surface area contributed by atoms with Crippen molar-refractivity contribution >= 4 is 44.6 Å². The summed E-state index contributed by atoms with van der Waals surface area (Å²) < 4.78 is 16.0. The topological polar surface area (TPSA) is 42.8 Å². The van der Waals surface area contributed by atoms with Gasteiger partial charge in [-0.15, -0.1) is 53.6 Å². The third kappa shape index (κ3) is 5.86. The average molecular weight is 911 g/mol. The van der Waals surface area contributed by atoms with Crippen LogP contribution in [0.1, 0.15) is 51.3 Å². The summed E-state index contributed by atoms with van der Waals surface area (Å²) in [5.74, 6) is 3.37. The molecule has 3 aliphatic rings. The molecule has 6 aromatic carbocycles. The second-order valence-corrected chi connectivity index (χ2v) is 15.9. The van der Waals surface area contributed by atoms with E-state index in [0.29, 0.717) is 23.0 Å². The van der Waals surface area contributed by atoms with Gasteiger partial charge in [0.25, 0.3) is 0 Å². The summed E-state index contributed by atoms with van der Waals surface area (Å²) in [4.78, 5) is 9.52. The van der Waals surface area contributed by atoms with Gasteiger partial charge in [0.1, 0.15) is 17.3 Å². The van der Waals surface area contributed by atoms with Gasteiger partial charge in [-0.2, -0.15) is 6.07 Å². The molecule has 0 aliphatic carbocycles. The molecule has 280 valence electrons. The molecule has 2 aromatic heterocycles. The van der Waals surface area contributed by atoms with Crippen molar-refractivity contribution in [2.75, 3.05) is 9.80 Å². The first-order valence-electron chi connectivity index (χ1n) is 18.7. The van der Waals surface area contributed by atoms with Crippen molar-refractivity contribution in [3.63, 3.8) is 0 Å². The molecular weight excluding hydrogens is 872 g/mol. The maximum absolute atomic E-state index is 7.07. The SMILES string of the molecule is CC(C)(C)c1cc2[c-]c(c1)N1[CH-]N(c3ccccc3Oc3cnc(cc3C(C)(C)c3ccccc3)-n3c4[c-]c(ccc4c4ccccc43)O2)c2ccccc21.[Pt]. The normalized spacial score (nSPS) is 13.4. The number of benzene rings is 6. The van der Waals surface area contributed by atoms with Crippen molar-refractivity contribution in [3.8, 4) is 28.8 Å². The third-order valence-electron chi connectivity index (χ3n) is 11.0. The Hall–Kier alpha value is -5.84. The van der Waals surface area contributed by atoms with Crippen LogP contribution in [-0.4, -0.2) is 9.55 Å². The minimum atomic E-state index is -0.451. The minimum absolute atomic E-state index is 0. The molecule has 0 saturated heterocycles. The molecule has 0 saturated carbocycles. The van der Waals surface area contributed by atoms with E-state index < -0.39 is 5.41 Å². The molecule has 0 radical (unpaired) electrons. The van der Waals surface area contributed by atoms with Gasteiger partial charge in [-0.1, -0.05) is 113 Å². The summed E-state index contributed by atoms with van der Waals surface area (Å²) in [6.07, 6.45) is 1.87. The van der Waals surface area contributed by atoms with Crippen LogP contribution < -0.4 is 19.3 Å². The number of nitrogens with zero attached hydrogens (tertiary/aromatic N) is 4. The van der Waals surface area contributed by atoms with E-state index in [1.807, 2.05) is 30.5 Å². The van der Waals surface area contributed by atoms with Crippen molar-refractivity contribution in [3.05, 3.63) is 175 Å². The molecule has 0 fully saturated rings. The van der Waals surface area contributed by atoms with Gasteiger partial charge in [0.05, 0.1) is 11.9 Å². The zero-order valence-corrected chi connectivity index (χ0v) is 34.1. The molecule has 11 rings (SSSR count). The number of hydrogen-bond donors (Lipinski definition) is 0. The first kappa shape index (κ1) is 35.8. The van der Waals surface area contributed by atoms with Crippen LogP contribution in [0.4, 0.5) is 22.7 Å². The van der Waals surface area contributed by atoms with Gasteiger partial charge in [0, 0.05) is 60.4 Å². The molecule has 0 N–H and O–H groups in total. The zero-order chi connectivity index (χ0) is 37.5. The molecule has 0 atom stereocenters. The van der Waals surface area contributed by atoms with Gasteiger partial charge >= 0.3 is 0 Å². The molecule has 8 bridgehead atoms. The molecular formula is C49H39N4O2Pt-3. The van der Waals surface area contributed by atoms with E-state index in [-0.39, 0.29) is 26.5 Å². The van der Waals surface area contributed by atoms with Gasteiger partial charge in [-0.25, -0.2) is 4.98 Å². The maximum Gasteiger partial charge on any atom is 0.150 e. The second kappa shape index (κ2) is 13.4. The van der Waals surface area contributed by atoms with E-state index >= 15 is 0 Å². The fourth-order valence-electron chi connectivity index (χ4n) is 7.93. The van der Waals surface area contributed by atoms with Gasteiger partial charge < -0.3 is 23.8 Å². The fourth-order valence-corrected chi connectivity index (χ4v) is 7.93. The number of ether oxygens (including phenoxy) is 2. The van der Waals surface area contributed by atoms with Crippen LogP contribution in [0.5, 0.6) is 23.0 Å². The van der Waals surface area contributed by atoms with Crippen LogP contribution in [-0.2, 0) is 31.9 Å². The van der Waals surface area contributed by atoms with E-state index in [4.69, 9.17) is 14.5 Å². The number of aromatic nitrogens is 2. The van der Waals surface area contributed by atoms with Crippen LogP contribution >= 0.6 is 0 Å². The molecule has 8 aromatic rings. The Morgan fingerprint density at radius 1 is 0.589 bits per heavy atom. The summed E-state index contributed by atoms with van der Waals surface area (Å²) in [5.41, 5.74) is 8.43. The van der Waals surface area contributed by atoms with Gasteiger partial charge in [-0.05, 0) is 52.8 Å².